The molecule has 0 aliphatic carbocycles. The maximum atomic E-state index is 13.9. The standard InChI is InChI=1S/C25H26FN3O/c1-2-20(18-7-4-3-5-8-18)24(30)28-15-12-25(13-16-28)23-9-6-14-29(23)22-11-10-19(26)17-21(22)27-25/h3-11,14,17,20,27H,2,12-13,15-16H2,1H3/t20-/m0/s1. The molecule has 3 heterocycles. The largest absolute Gasteiger partial charge is 0.372 e. The van der Waals surface area contributed by atoms with Crippen molar-refractivity contribution in [3.8, 4) is 5.69 Å². The first-order chi connectivity index (χ1) is 14.6. The van der Waals surface area contributed by atoms with Gasteiger partial charge in [0.15, 0.2) is 0 Å². The lowest BCUT2D eigenvalue weighted by Gasteiger charge is -2.46. The number of anilines is 1. The molecule has 0 saturated carbocycles. The molecule has 1 saturated heterocycles. The highest BCUT2D eigenvalue weighted by atomic mass is 19.1. The quantitative estimate of drug-likeness (QED) is 0.664. The third kappa shape index (κ3) is 3.00. The van der Waals surface area contributed by atoms with E-state index >= 15 is 0 Å². The molecule has 5 rings (SSSR count). The summed E-state index contributed by atoms with van der Waals surface area (Å²) in [5, 5.41) is 3.63. The van der Waals surface area contributed by atoms with Crippen molar-refractivity contribution < 1.29 is 9.18 Å². The molecule has 0 radical (unpaired) electrons. The second-order valence-electron chi connectivity index (χ2n) is 8.33. The Kier molecular flexibility index (Phi) is 4.61. The zero-order chi connectivity index (χ0) is 20.7. The van der Waals surface area contributed by atoms with Gasteiger partial charge < -0.3 is 14.8 Å². The van der Waals surface area contributed by atoms with Crippen LogP contribution in [0, 0.1) is 5.82 Å². The second-order valence-corrected chi connectivity index (χ2v) is 8.33. The highest BCUT2D eigenvalue weighted by Gasteiger charge is 2.43. The number of nitrogens with one attached hydrogen (secondary N) is 1. The summed E-state index contributed by atoms with van der Waals surface area (Å²) in [4.78, 5) is 15.3. The monoisotopic (exact) mass is 403 g/mol. The van der Waals surface area contributed by atoms with Crippen LogP contribution in [0.2, 0.25) is 0 Å². The molecule has 30 heavy (non-hydrogen) atoms. The Morgan fingerprint density at radius 1 is 1.10 bits per heavy atom. The topological polar surface area (TPSA) is 37.3 Å². The Hall–Kier alpha value is -3.08. The van der Waals surface area contributed by atoms with Gasteiger partial charge in [0.05, 0.1) is 22.8 Å². The molecular formula is C25H26FN3O. The molecule has 2 aliphatic rings. The molecule has 1 N–H and O–H groups in total. The van der Waals surface area contributed by atoms with Crippen LogP contribution in [0.15, 0.2) is 66.9 Å². The van der Waals surface area contributed by atoms with E-state index in [1.807, 2.05) is 53.6 Å². The van der Waals surface area contributed by atoms with Crippen LogP contribution < -0.4 is 5.32 Å². The van der Waals surface area contributed by atoms with Crippen molar-refractivity contribution >= 4 is 11.6 Å². The lowest BCUT2D eigenvalue weighted by Crippen LogP contribution is -2.51. The summed E-state index contributed by atoms with van der Waals surface area (Å²) < 4.78 is 16.1. The fraction of sp³-hybridized carbons (Fsp3) is 0.320. The van der Waals surface area contributed by atoms with Crippen LogP contribution in [-0.4, -0.2) is 28.5 Å². The van der Waals surface area contributed by atoms with Gasteiger partial charge in [-0.3, -0.25) is 4.79 Å². The number of amides is 1. The predicted octanol–water partition coefficient (Wildman–Crippen LogP) is 5.05. The number of rotatable bonds is 3. The maximum Gasteiger partial charge on any atom is 0.230 e. The molecule has 1 aromatic heterocycles. The van der Waals surface area contributed by atoms with E-state index in [-0.39, 0.29) is 23.2 Å². The van der Waals surface area contributed by atoms with Crippen LogP contribution >= 0.6 is 0 Å². The van der Waals surface area contributed by atoms with Crippen LogP contribution in [0.25, 0.3) is 5.69 Å². The molecular weight excluding hydrogens is 377 g/mol. The van der Waals surface area contributed by atoms with Gasteiger partial charge in [-0.05, 0) is 55.2 Å². The van der Waals surface area contributed by atoms with E-state index in [9.17, 15) is 9.18 Å². The third-order valence-electron chi connectivity index (χ3n) is 6.67. The highest BCUT2D eigenvalue weighted by molar-refractivity contribution is 5.84. The summed E-state index contributed by atoms with van der Waals surface area (Å²) in [7, 11) is 0. The summed E-state index contributed by atoms with van der Waals surface area (Å²) in [5.74, 6) is -0.136. The highest BCUT2D eigenvalue weighted by Crippen LogP contribution is 2.44. The molecule has 0 bridgehead atoms. The van der Waals surface area contributed by atoms with Gasteiger partial charge in [0.1, 0.15) is 5.82 Å². The van der Waals surface area contributed by atoms with E-state index in [2.05, 4.69) is 22.9 Å². The summed E-state index contributed by atoms with van der Waals surface area (Å²) in [6, 6.07) is 19.1. The molecule has 1 fully saturated rings. The van der Waals surface area contributed by atoms with Crippen LogP contribution in [0.3, 0.4) is 0 Å². The van der Waals surface area contributed by atoms with E-state index < -0.39 is 0 Å². The lowest BCUT2D eigenvalue weighted by molar-refractivity contribution is -0.134. The fourth-order valence-electron chi connectivity index (χ4n) is 5.07. The molecule has 0 unspecified atom stereocenters. The molecule has 1 spiro atoms. The first-order valence-corrected chi connectivity index (χ1v) is 10.7. The predicted molar refractivity (Wildman–Crippen MR) is 116 cm³/mol. The van der Waals surface area contributed by atoms with Gasteiger partial charge in [-0.15, -0.1) is 0 Å². The van der Waals surface area contributed by atoms with Gasteiger partial charge in [0.2, 0.25) is 5.91 Å². The Labute approximate surface area is 176 Å². The average molecular weight is 404 g/mol. The van der Waals surface area contributed by atoms with E-state index in [0.29, 0.717) is 13.1 Å². The minimum absolute atomic E-state index is 0.0988. The number of piperidine rings is 1. The van der Waals surface area contributed by atoms with Gasteiger partial charge in [-0.1, -0.05) is 37.3 Å². The lowest BCUT2D eigenvalue weighted by atomic mass is 9.81. The number of hydrogen-bond acceptors (Lipinski definition) is 2. The van der Waals surface area contributed by atoms with E-state index in [1.165, 1.54) is 11.8 Å². The molecule has 2 aromatic carbocycles. The van der Waals surface area contributed by atoms with E-state index in [0.717, 1.165) is 36.2 Å². The van der Waals surface area contributed by atoms with Crippen molar-refractivity contribution in [2.75, 3.05) is 18.4 Å². The number of fused-ring (bicyclic) bond motifs is 4. The summed E-state index contributed by atoms with van der Waals surface area (Å²) in [5.41, 5.74) is 3.77. The molecule has 3 aromatic rings. The number of halogens is 1. The Morgan fingerprint density at radius 2 is 1.87 bits per heavy atom. The minimum Gasteiger partial charge on any atom is -0.372 e. The maximum absolute atomic E-state index is 13.9. The fourth-order valence-corrected chi connectivity index (χ4v) is 5.07. The Bertz CT molecular complexity index is 1070. The average Bonchev–Trinajstić information content (AvgIpc) is 3.27. The van der Waals surface area contributed by atoms with Crippen molar-refractivity contribution in [1.29, 1.82) is 0 Å². The first kappa shape index (κ1) is 18.9. The van der Waals surface area contributed by atoms with E-state index in [4.69, 9.17) is 0 Å². The first-order valence-electron chi connectivity index (χ1n) is 10.7. The Morgan fingerprint density at radius 3 is 2.60 bits per heavy atom. The van der Waals surface area contributed by atoms with Crippen LogP contribution in [0.4, 0.5) is 10.1 Å². The number of hydrogen-bond donors (Lipinski definition) is 1. The second kappa shape index (κ2) is 7.31. The van der Waals surface area contributed by atoms with Gasteiger partial charge in [0, 0.05) is 25.0 Å². The Balaban J connectivity index is 1.39. The van der Waals surface area contributed by atoms with Gasteiger partial charge in [-0.2, -0.15) is 0 Å². The number of benzene rings is 2. The third-order valence-corrected chi connectivity index (χ3v) is 6.67. The zero-order valence-corrected chi connectivity index (χ0v) is 17.1. The SMILES string of the molecule is CC[C@H](C(=O)N1CCC2(CC1)Nc1cc(F)ccc1-n1cccc12)c1ccccc1. The number of carbonyl (C=O) groups is 1. The van der Waals surface area contributed by atoms with Crippen LogP contribution in [-0.2, 0) is 10.3 Å². The van der Waals surface area contributed by atoms with Gasteiger partial charge in [-0.25, -0.2) is 4.39 Å². The van der Waals surface area contributed by atoms with Crippen molar-refractivity contribution in [1.82, 2.24) is 9.47 Å². The normalized spacial score (nSPS) is 17.7. The van der Waals surface area contributed by atoms with Crippen molar-refractivity contribution in [2.45, 2.75) is 37.6 Å². The molecule has 2 aliphatic heterocycles. The summed E-state index contributed by atoms with van der Waals surface area (Å²) in [6.07, 6.45) is 4.42. The molecule has 4 nitrogen and oxygen atoms in total. The van der Waals surface area contributed by atoms with Gasteiger partial charge in [0.25, 0.3) is 0 Å². The molecule has 154 valence electrons. The number of likely N-dealkylation sites (tertiary alicyclic amines) is 1. The number of aromatic nitrogens is 1. The van der Waals surface area contributed by atoms with Crippen LogP contribution in [0.5, 0.6) is 0 Å². The molecule has 1 atom stereocenters. The minimum atomic E-state index is -0.282. The summed E-state index contributed by atoms with van der Waals surface area (Å²) in [6.45, 7) is 3.44. The number of nitrogens with zero attached hydrogens (tertiary/aromatic N) is 2. The van der Waals surface area contributed by atoms with Crippen molar-refractivity contribution in [3.05, 3.63) is 83.9 Å². The van der Waals surface area contributed by atoms with Crippen molar-refractivity contribution in [3.63, 3.8) is 0 Å². The number of carbonyl (C=O) groups excluding carboxylic acids is 1. The van der Waals surface area contributed by atoms with Crippen LogP contribution in [0.1, 0.15) is 43.4 Å². The van der Waals surface area contributed by atoms with E-state index in [1.54, 1.807) is 6.07 Å². The molecule has 1 amide bonds. The summed E-state index contributed by atoms with van der Waals surface area (Å²) >= 11 is 0. The van der Waals surface area contributed by atoms with Crippen molar-refractivity contribution in [2.24, 2.45) is 0 Å². The molecule has 5 heteroatoms. The van der Waals surface area contributed by atoms with Gasteiger partial charge >= 0.3 is 0 Å². The zero-order valence-electron chi connectivity index (χ0n) is 17.1. The smallest absolute Gasteiger partial charge is 0.230 e.